The van der Waals surface area contributed by atoms with E-state index in [1.54, 1.807) is 6.07 Å². The minimum atomic E-state index is -0.121. The van der Waals surface area contributed by atoms with Gasteiger partial charge in [0.2, 0.25) is 0 Å². The SMILES string of the molecule is [CH2]c1ccccc1C(=O)Nc1ccc(CC)cc1. The Hall–Kier alpha value is -2.09. The summed E-state index contributed by atoms with van der Waals surface area (Å²) in [5.41, 5.74) is 3.41. The Balaban J connectivity index is 2.14. The Bertz CT molecular complexity index is 543. The number of hydrogen-bond donors (Lipinski definition) is 1. The van der Waals surface area contributed by atoms with Gasteiger partial charge < -0.3 is 5.32 Å². The number of hydrogen-bond acceptors (Lipinski definition) is 1. The van der Waals surface area contributed by atoms with Crippen LogP contribution < -0.4 is 5.32 Å². The molecule has 0 saturated heterocycles. The quantitative estimate of drug-likeness (QED) is 0.868. The predicted molar refractivity (Wildman–Crippen MR) is 74.7 cm³/mol. The molecule has 2 aromatic rings. The molecule has 0 saturated carbocycles. The fourth-order valence-corrected chi connectivity index (χ4v) is 1.76. The first-order valence-corrected chi connectivity index (χ1v) is 6.02. The normalized spacial score (nSPS) is 10.1. The molecule has 1 amide bonds. The van der Waals surface area contributed by atoms with Gasteiger partial charge in [0, 0.05) is 11.3 Å². The lowest BCUT2D eigenvalue weighted by Gasteiger charge is -2.07. The van der Waals surface area contributed by atoms with Crippen molar-refractivity contribution in [2.24, 2.45) is 0 Å². The van der Waals surface area contributed by atoms with Gasteiger partial charge in [0.05, 0.1) is 0 Å². The van der Waals surface area contributed by atoms with Crippen LogP contribution in [0.15, 0.2) is 48.5 Å². The number of benzene rings is 2. The van der Waals surface area contributed by atoms with E-state index in [1.807, 2.05) is 42.5 Å². The van der Waals surface area contributed by atoms with E-state index in [2.05, 4.69) is 19.2 Å². The van der Waals surface area contributed by atoms with Gasteiger partial charge in [-0.2, -0.15) is 0 Å². The topological polar surface area (TPSA) is 29.1 Å². The lowest BCUT2D eigenvalue weighted by molar-refractivity contribution is 0.102. The highest BCUT2D eigenvalue weighted by Gasteiger charge is 2.07. The third kappa shape index (κ3) is 2.77. The van der Waals surface area contributed by atoms with E-state index in [1.165, 1.54) is 5.56 Å². The molecule has 0 bridgehead atoms. The largest absolute Gasteiger partial charge is 0.322 e. The van der Waals surface area contributed by atoms with Crippen LogP contribution in [0.2, 0.25) is 0 Å². The zero-order valence-electron chi connectivity index (χ0n) is 10.4. The molecule has 18 heavy (non-hydrogen) atoms. The zero-order valence-corrected chi connectivity index (χ0v) is 10.4. The molecule has 2 rings (SSSR count). The molecule has 91 valence electrons. The van der Waals surface area contributed by atoms with Gasteiger partial charge in [0.25, 0.3) is 5.91 Å². The van der Waals surface area contributed by atoms with Crippen molar-refractivity contribution in [2.45, 2.75) is 13.3 Å². The summed E-state index contributed by atoms with van der Waals surface area (Å²) in [7, 11) is 0. The smallest absolute Gasteiger partial charge is 0.255 e. The Kier molecular flexibility index (Phi) is 3.78. The standard InChI is InChI=1S/C16H16NO/c1-3-13-8-10-14(11-9-13)17-16(18)15-7-5-4-6-12(15)2/h4-11H,2-3H2,1H3,(H,17,18). The lowest BCUT2D eigenvalue weighted by atomic mass is 10.1. The number of carbonyl (C=O) groups excluding carboxylic acids is 1. The van der Waals surface area contributed by atoms with Gasteiger partial charge in [-0.3, -0.25) is 4.79 Å². The van der Waals surface area contributed by atoms with Crippen LogP contribution in [0, 0.1) is 6.92 Å². The zero-order chi connectivity index (χ0) is 13.0. The van der Waals surface area contributed by atoms with E-state index in [4.69, 9.17) is 0 Å². The summed E-state index contributed by atoms with van der Waals surface area (Å²) in [5, 5.41) is 2.87. The van der Waals surface area contributed by atoms with Crippen LogP contribution >= 0.6 is 0 Å². The van der Waals surface area contributed by atoms with Gasteiger partial charge >= 0.3 is 0 Å². The van der Waals surface area contributed by atoms with Crippen LogP contribution in [0.3, 0.4) is 0 Å². The maximum Gasteiger partial charge on any atom is 0.255 e. The first kappa shape index (κ1) is 12.4. The molecule has 0 atom stereocenters. The van der Waals surface area contributed by atoms with Crippen LogP contribution in [0.4, 0.5) is 5.69 Å². The minimum absolute atomic E-state index is 0.121. The number of rotatable bonds is 3. The van der Waals surface area contributed by atoms with Crippen LogP contribution in [0.1, 0.15) is 28.4 Å². The first-order valence-electron chi connectivity index (χ1n) is 6.02. The van der Waals surface area contributed by atoms with Gasteiger partial charge in [0.15, 0.2) is 0 Å². The monoisotopic (exact) mass is 238 g/mol. The molecule has 1 N–H and O–H groups in total. The van der Waals surface area contributed by atoms with E-state index in [-0.39, 0.29) is 5.91 Å². The van der Waals surface area contributed by atoms with Gasteiger partial charge in [-0.05, 0) is 42.7 Å². The van der Waals surface area contributed by atoms with Crippen molar-refractivity contribution >= 4 is 11.6 Å². The maximum atomic E-state index is 12.0. The molecule has 0 spiro atoms. The number of carbonyl (C=O) groups is 1. The highest BCUT2D eigenvalue weighted by atomic mass is 16.1. The molecule has 0 aliphatic carbocycles. The lowest BCUT2D eigenvalue weighted by Crippen LogP contribution is -2.13. The minimum Gasteiger partial charge on any atom is -0.322 e. The predicted octanol–water partition coefficient (Wildman–Crippen LogP) is 3.68. The molecule has 0 heterocycles. The fraction of sp³-hybridized carbons (Fsp3) is 0.125. The highest BCUT2D eigenvalue weighted by molar-refractivity contribution is 6.05. The fourth-order valence-electron chi connectivity index (χ4n) is 1.76. The van der Waals surface area contributed by atoms with Gasteiger partial charge in [-0.1, -0.05) is 37.3 Å². The highest BCUT2D eigenvalue weighted by Crippen LogP contribution is 2.13. The van der Waals surface area contributed by atoms with Gasteiger partial charge in [0.1, 0.15) is 0 Å². The molecule has 0 aromatic heterocycles. The van der Waals surface area contributed by atoms with Crippen molar-refractivity contribution in [1.29, 1.82) is 0 Å². The summed E-state index contributed by atoms with van der Waals surface area (Å²) in [6.07, 6.45) is 0.996. The third-order valence-corrected chi connectivity index (χ3v) is 2.88. The average molecular weight is 238 g/mol. The molecule has 0 aliphatic heterocycles. The second-order valence-electron chi connectivity index (χ2n) is 4.16. The van der Waals surface area contributed by atoms with E-state index in [0.717, 1.165) is 17.7 Å². The summed E-state index contributed by atoms with van der Waals surface area (Å²) in [4.78, 5) is 12.0. The molecule has 2 nitrogen and oxygen atoms in total. The van der Waals surface area contributed by atoms with E-state index in [9.17, 15) is 4.79 Å². The molecule has 2 heteroatoms. The number of aryl methyl sites for hydroxylation is 1. The molecule has 1 radical (unpaired) electrons. The summed E-state index contributed by atoms with van der Waals surface area (Å²) in [6.45, 7) is 5.95. The van der Waals surface area contributed by atoms with Crippen LogP contribution in [-0.4, -0.2) is 5.91 Å². The third-order valence-electron chi connectivity index (χ3n) is 2.88. The number of amides is 1. The van der Waals surface area contributed by atoms with Gasteiger partial charge in [-0.25, -0.2) is 0 Å². The van der Waals surface area contributed by atoms with Crippen molar-refractivity contribution in [3.8, 4) is 0 Å². The van der Waals surface area contributed by atoms with Crippen LogP contribution in [0.25, 0.3) is 0 Å². The molecule has 2 aromatic carbocycles. The molecular weight excluding hydrogens is 222 g/mol. The van der Waals surface area contributed by atoms with E-state index >= 15 is 0 Å². The molecule has 0 aliphatic rings. The Morgan fingerprint density at radius 1 is 1.11 bits per heavy atom. The summed E-state index contributed by atoms with van der Waals surface area (Å²) in [5.74, 6) is -0.121. The molecule has 0 unspecified atom stereocenters. The Labute approximate surface area is 108 Å². The second kappa shape index (κ2) is 5.50. The van der Waals surface area contributed by atoms with E-state index in [0.29, 0.717) is 5.56 Å². The summed E-state index contributed by atoms with van der Waals surface area (Å²) >= 11 is 0. The molecular formula is C16H16NO. The summed E-state index contributed by atoms with van der Waals surface area (Å²) in [6, 6.07) is 15.2. The van der Waals surface area contributed by atoms with Crippen LogP contribution in [0.5, 0.6) is 0 Å². The van der Waals surface area contributed by atoms with Crippen molar-refractivity contribution in [1.82, 2.24) is 0 Å². The summed E-state index contributed by atoms with van der Waals surface area (Å²) < 4.78 is 0. The van der Waals surface area contributed by atoms with Crippen molar-refractivity contribution in [3.63, 3.8) is 0 Å². The van der Waals surface area contributed by atoms with Crippen molar-refractivity contribution in [3.05, 3.63) is 72.1 Å². The number of anilines is 1. The van der Waals surface area contributed by atoms with Crippen LogP contribution in [-0.2, 0) is 6.42 Å². The average Bonchev–Trinajstić information content (AvgIpc) is 2.40. The van der Waals surface area contributed by atoms with Crippen molar-refractivity contribution < 1.29 is 4.79 Å². The Morgan fingerprint density at radius 3 is 2.39 bits per heavy atom. The van der Waals surface area contributed by atoms with Gasteiger partial charge in [-0.15, -0.1) is 0 Å². The first-order chi connectivity index (χ1) is 8.70. The molecule has 0 fully saturated rings. The maximum absolute atomic E-state index is 12.0. The van der Waals surface area contributed by atoms with Crippen molar-refractivity contribution in [2.75, 3.05) is 5.32 Å². The Morgan fingerprint density at radius 2 is 1.78 bits per heavy atom. The second-order valence-corrected chi connectivity index (χ2v) is 4.16. The number of nitrogens with one attached hydrogen (secondary N) is 1. The van der Waals surface area contributed by atoms with E-state index < -0.39 is 0 Å².